The molecule has 0 unspecified atom stereocenters. The van der Waals surface area contributed by atoms with Crippen molar-refractivity contribution >= 4 is 5.78 Å². The van der Waals surface area contributed by atoms with Gasteiger partial charge >= 0.3 is 0 Å². The molecule has 64 valence electrons. The van der Waals surface area contributed by atoms with Gasteiger partial charge in [0.15, 0.2) is 0 Å². The zero-order valence-corrected chi connectivity index (χ0v) is 7.65. The van der Waals surface area contributed by atoms with Crippen LogP contribution < -0.4 is 0 Å². The summed E-state index contributed by atoms with van der Waals surface area (Å²) < 4.78 is 0. The van der Waals surface area contributed by atoms with Crippen LogP contribution >= 0.6 is 0 Å². The van der Waals surface area contributed by atoms with Crippen LogP contribution in [0.3, 0.4) is 0 Å². The van der Waals surface area contributed by atoms with Crippen molar-refractivity contribution in [3.63, 3.8) is 0 Å². The number of carbonyl (C=O) groups excluding carboxylic acids is 1. The zero-order chi connectivity index (χ0) is 8.69. The highest BCUT2D eigenvalue weighted by Crippen LogP contribution is 2.07. The first-order valence-electron chi connectivity index (χ1n) is 4.39. The summed E-state index contributed by atoms with van der Waals surface area (Å²) in [7, 11) is 0. The Morgan fingerprint density at radius 2 is 2.00 bits per heavy atom. The van der Waals surface area contributed by atoms with Crippen LogP contribution in [0.1, 0.15) is 46.0 Å². The monoisotopic (exact) mass is 154 g/mol. The lowest BCUT2D eigenvalue weighted by molar-refractivity contribution is -0.118. The largest absolute Gasteiger partial charge is 0.299 e. The zero-order valence-electron chi connectivity index (χ0n) is 7.65. The minimum atomic E-state index is 0.346. The van der Waals surface area contributed by atoms with Gasteiger partial charge in [-0.1, -0.05) is 32.4 Å². The molecule has 0 aliphatic heterocycles. The maximum Gasteiger partial charge on any atom is 0.136 e. The fourth-order valence-corrected chi connectivity index (χ4v) is 0.866. The SMILES string of the molecule is C=C(CC)CC(=O)CCCC. The van der Waals surface area contributed by atoms with Crippen molar-refractivity contribution in [2.45, 2.75) is 46.0 Å². The minimum absolute atomic E-state index is 0.346. The molecule has 0 saturated carbocycles. The van der Waals surface area contributed by atoms with Crippen LogP contribution in [0.5, 0.6) is 0 Å². The van der Waals surface area contributed by atoms with Crippen LogP contribution in [0.2, 0.25) is 0 Å². The molecule has 11 heavy (non-hydrogen) atoms. The lowest BCUT2D eigenvalue weighted by atomic mass is 10.1. The number of rotatable bonds is 6. The van der Waals surface area contributed by atoms with Gasteiger partial charge in [0.25, 0.3) is 0 Å². The van der Waals surface area contributed by atoms with Gasteiger partial charge in [0.05, 0.1) is 0 Å². The van der Waals surface area contributed by atoms with E-state index in [1.807, 2.05) is 6.92 Å². The lowest BCUT2D eigenvalue weighted by Gasteiger charge is -2.00. The van der Waals surface area contributed by atoms with Crippen molar-refractivity contribution in [3.05, 3.63) is 12.2 Å². The Morgan fingerprint density at radius 1 is 1.36 bits per heavy atom. The molecular formula is C10H18O. The number of hydrogen-bond donors (Lipinski definition) is 0. The summed E-state index contributed by atoms with van der Waals surface area (Å²) in [5, 5.41) is 0. The second kappa shape index (κ2) is 6.14. The lowest BCUT2D eigenvalue weighted by Crippen LogP contribution is -1.98. The van der Waals surface area contributed by atoms with E-state index in [2.05, 4.69) is 13.5 Å². The third kappa shape index (κ3) is 5.84. The number of unbranched alkanes of at least 4 members (excludes halogenated alkanes) is 1. The number of Topliss-reactive ketones (excluding diaryl/α,β-unsaturated/α-hetero) is 1. The van der Waals surface area contributed by atoms with Crippen molar-refractivity contribution in [1.29, 1.82) is 0 Å². The standard InChI is InChI=1S/C10H18O/c1-4-6-7-10(11)8-9(3)5-2/h3-8H2,1-2H3. The van der Waals surface area contributed by atoms with Crippen LogP contribution in [0.25, 0.3) is 0 Å². The van der Waals surface area contributed by atoms with Crippen molar-refractivity contribution in [2.24, 2.45) is 0 Å². The van der Waals surface area contributed by atoms with Crippen LogP contribution in [0, 0.1) is 0 Å². The van der Waals surface area contributed by atoms with E-state index in [-0.39, 0.29) is 0 Å². The summed E-state index contributed by atoms with van der Waals surface area (Å²) in [6.45, 7) is 7.94. The van der Waals surface area contributed by atoms with Gasteiger partial charge in [-0.15, -0.1) is 0 Å². The second-order valence-corrected chi connectivity index (χ2v) is 2.92. The van der Waals surface area contributed by atoms with Gasteiger partial charge < -0.3 is 0 Å². The fraction of sp³-hybridized carbons (Fsp3) is 0.700. The molecule has 0 N–H and O–H groups in total. The minimum Gasteiger partial charge on any atom is -0.299 e. The van der Waals surface area contributed by atoms with Gasteiger partial charge in [-0.2, -0.15) is 0 Å². The molecule has 0 atom stereocenters. The maximum absolute atomic E-state index is 11.1. The van der Waals surface area contributed by atoms with Crippen molar-refractivity contribution in [3.8, 4) is 0 Å². The quantitative estimate of drug-likeness (QED) is 0.537. The highest BCUT2D eigenvalue weighted by molar-refractivity contribution is 5.80. The van der Waals surface area contributed by atoms with Gasteiger partial charge in [0.1, 0.15) is 5.78 Å². The number of ketones is 1. The average Bonchev–Trinajstić information content (AvgIpc) is 2.00. The van der Waals surface area contributed by atoms with Crippen molar-refractivity contribution in [2.75, 3.05) is 0 Å². The van der Waals surface area contributed by atoms with E-state index in [1.165, 1.54) is 0 Å². The van der Waals surface area contributed by atoms with Gasteiger partial charge in [0.2, 0.25) is 0 Å². The Hall–Kier alpha value is -0.590. The molecule has 0 rings (SSSR count). The predicted octanol–water partition coefficient (Wildman–Crippen LogP) is 3.10. The maximum atomic E-state index is 11.1. The average molecular weight is 154 g/mol. The Kier molecular flexibility index (Phi) is 5.81. The summed E-state index contributed by atoms with van der Waals surface area (Å²) in [6, 6.07) is 0. The normalized spacial score (nSPS) is 9.64. The van der Waals surface area contributed by atoms with Crippen LogP contribution in [0.15, 0.2) is 12.2 Å². The Morgan fingerprint density at radius 3 is 2.45 bits per heavy atom. The third-order valence-electron chi connectivity index (χ3n) is 1.76. The second-order valence-electron chi connectivity index (χ2n) is 2.92. The van der Waals surface area contributed by atoms with Crippen molar-refractivity contribution < 1.29 is 4.79 Å². The van der Waals surface area contributed by atoms with E-state index in [0.717, 1.165) is 31.3 Å². The molecule has 0 fully saturated rings. The highest BCUT2D eigenvalue weighted by Gasteiger charge is 2.01. The molecule has 1 nitrogen and oxygen atoms in total. The molecule has 0 radical (unpaired) electrons. The summed E-state index contributed by atoms with van der Waals surface area (Å²) in [5.74, 6) is 0.346. The Bertz CT molecular complexity index is 136. The molecular weight excluding hydrogens is 136 g/mol. The van der Waals surface area contributed by atoms with Crippen LogP contribution in [0.4, 0.5) is 0 Å². The first-order chi connectivity index (χ1) is 5.20. The molecule has 0 aromatic carbocycles. The summed E-state index contributed by atoms with van der Waals surface area (Å²) >= 11 is 0. The van der Waals surface area contributed by atoms with Crippen LogP contribution in [-0.4, -0.2) is 5.78 Å². The molecule has 0 saturated heterocycles. The Balaban J connectivity index is 3.44. The van der Waals surface area contributed by atoms with Gasteiger partial charge in [-0.3, -0.25) is 4.79 Å². The highest BCUT2D eigenvalue weighted by atomic mass is 16.1. The smallest absolute Gasteiger partial charge is 0.136 e. The molecule has 0 aliphatic rings. The van der Waals surface area contributed by atoms with Crippen molar-refractivity contribution in [1.82, 2.24) is 0 Å². The van der Waals surface area contributed by atoms with Gasteiger partial charge in [-0.05, 0) is 12.8 Å². The van der Waals surface area contributed by atoms with E-state index in [4.69, 9.17) is 0 Å². The Labute approximate surface area is 69.5 Å². The molecule has 0 spiro atoms. The molecule has 0 bridgehead atoms. The number of allylic oxidation sites excluding steroid dienone is 1. The van der Waals surface area contributed by atoms with E-state index in [1.54, 1.807) is 0 Å². The number of carbonyl (C=O) groups is 1. The molecule has 0 amide bonds. The van der Waals surface area contributed by atoms with E-state index >= 15 is 0 Å². The molecule has 1 heteroatoms. The predicted molar refractivity (Wildman–Crippen MR) is 48.6 cm³/mol. The molecule has 0 aliphatic carbocycles. The first-order valence-corrected chi connectivity index (χ1v) is 4.39. The third-order valence-corrected chi connectivity index (χ3v) is 1.76. The fourth-order valence-electron chi connectivity index (χ4n) is 0.866. The van der Waals surface area contributed by atoms with E-state index < -0.39 is 0 Å². The van der Waals surface area contributed by atoms with Crippen LogP contribution in [-0.2, 0) is 4.79 Å². The summed E-state index contributed by atoms with van der Waals surface area (Å²) in [6.07, 6.45) is 4.38. The number of hydrogen-bond acceptors (Lipinski definition) is 1. The van der Waals surface area contributed by atoms with E-state index in [9.17, 15) is 4.79 Å². The van der Waals surface area contributed by atoms with Gasteiger partial charge in [0, 0.05) is 12.8 Å². The van der Waals surface area contributed by atoms with E-state index in [0.29, 0.717) is 12.2 Å². The summed E-state index contributed by atoms with van der Waals surface area (Å²) in [5.41, 5.74) is 1.06. The first kappa shape index (κ1) is 10.4. The topological polar surface area (TPSA) is 17.1 Å². The molecule has 0 aromatic rings. The summed E-state index contributed by atoms with van der Waals surface area (Å²) in [4.78, 5) is 11.1. The van der Waals surface area contributed by atoms with Gasteiger partial charge in [-0.25, -0.2) is 0 Å². The molecule has 0 heterocycles. The molecule has 0 aromatic heterocycles.